The van der Waals surface area contributed by atoms with E-state index in [1.54, 1.807) is 21.2 Å². The van der Waals surface area contributed by atoms with Crippen molar-refractivity contribution in [3.63, 3.8) is 0 Å². The second-order valence-corrected chi connectivity index (χ2v) is 9.45. The monoisotopic (exact) mass is 466 g/mol. The molecule has 3 aromatic rings. The number of thioether (sulfide) groups is 1. The van der Waals surface area contributed by atoms with Gasteiger partial charge in [-0.2, -0.15) is 0 Å². The first-order chi connectivity index (χ1) is 15.6. The number of aromatic nitrogens is 2. The minimum Gasteiger partial charge on any atom is -0.336 e. The van der Waals surface area contributed by atoms with Gasteiger partial charge in [0.2, 0.25) is 0 Å². The summed E-state index contributed by atoms with van der Waals surface area (Å²) < 4.78 is 1.61. The van der Waals surface area contributed by atoms with Gasteiger partial charge in [-0.1, -0.05) is 65.8 Å². The average Bonchev–Trinajstić information content (AvgIpc) is 3.32. The van der Waals surface area contributed by atoms with Gasteiger partial charge in [0.25, 0.3) is 11.5 Å². The van der Waals surface area contributed by atoms with Gasteiger partial charge in [0.05, 0.1) is 6.04 Å². The maximum atomic E-state index is 13.1. The van der Waals surface area contributed by atoms with Gasteiger partial charge in [0.1, 0.15) is 5.56 Å². The van der Waals surface area contributed by atoms with E-state index in [-0.39, 0.29) is 23.1 Å². The van der Waals surface area contributed by atoms with Gasteiger partial charge in [-0.25, -0.2) is 4.98 Å². The standard InChI is InChI=1S/C24H23ClN4O2S/c25-19-8-6-18(7-9-19)21(17-4-2-1-3-5-17)27-10-12-28(13-11-27)22(30)20-16-26-24-29(23(20)31)14-15-32-24/h1-9,16,21H,10-15H2/t21-/m0/s1. The molecule has 1 amide bonds. The van der Waals surface area contributed by atoms with Crippen LogP contribution in [0.5, 0.6) is 0 Å². The number of carbonyl (C=O) groups is 1. The van der Waals surface area contributed by atoms with Crippen molar-refractivity contribution >= 4 is 29.3 Å². The minimum atomic E-state index is -0.226. The van der Waals surface area contributed by atoms with E-state index in [9.17, 15) is 9.59 Å². The molecule has 2 aromatic carbocycles. The zero-order valence-electron chi connectivity index (χ0n) is 17.5. The Hall–Kier alpha value is -2.61. The van der Waals surface area contributed by atoms with Crippen LogP contribution in [0.25, 0.3) is 0 Å². The van der Waals surface area contributed by atoms with Crippen molar-refractivity contribution in [3.8, 4) is 0 Å². The molecule has 0 saturated carbocycles. The van der Waals surface area contributed by atoms with Crippen molar-refractivity contribution < 1.29 is 4.79 Å². The molecule has 0 aliphatic carbocycles. The topological polar surface area (TPSA) is 58.4 Å². The highest BCUT2D eigenvalue weighted by Gasteiger charge is 2.30. The van der Waals surface area contributed by atoms with Crippen molar-refractivity contribution in [3.05, 3.63) is 92.9 Å². The Morgan fingerprint density at radius 3 is 2.34 bits per heavy atom. The summed E-state index contributed by atoms with van der Waals surface area (Å²) in [4.78, 5) is 34.3. The van der Waals surface area contributed by atoms with Crippen LogP contribution in [0.15, 0.2) is 70.7 Å². The Morgan fingerprint density at radius 1 is 0.938 bits per heavy atom. The van der Waals surface area contributed by atoms with E-state index in [4.69, 9.17) is 11.6 Å². The zero-order valence-corrected chi connectivity index (χ0v) is 19.1. The van der Waals surface area contributed by atoms with Crippen LogP contribution in [0, 0.1) is 0 Å². The predicted octanol–water partition coefficient (Wildman–Crippen LogP) is 3.55. The highest BCUT2D eigenvalue weighted by Crippen LogP contribution is 2.30. The third kappa shape index (κ3) is 4.08. The molecule has 0 spiro atoms. The fraction of sp³-hybridized carbons (Fsp3) is 0.292. The third-order valence-corrected chi connectivity index (χ3v) is 7.28. The van der Waals surface area contributed by atoms with Crippen LogP contribution in [0.1, 0.15) is 27.5 Å². The van der Waals surface area contributed by atoms with Crippen molar-refractivity contribution in [2.45, 2.75) is 17.7 Å². The van der Waals surface area contributed by atoms with Gasteiger partial charge in [-0.3, -0.25) is 19.1 Å². The molecule has 1 aromatic heterocycles. The van der Waals surface area contributed by atoms with E-state index in [1.807, 2.05) is 30.3 Å². The fourth-order valence-electron chi connectivity index (χ4n) is 4.41. The zero-order chi connectivity index (χ0) is 22.1. The Morgan fingerprint density at radius 2 is 1.62 bits per heavy atom. The third-order valence-electron chi connectivity index (χ3n) is 6.05. The molecule has 32 heavy (non-hydrogen) atoms. The molecule has 0 bridgehead atoms. The Balaban J connectivity index is 1.35. The van der Waals surface area contributed by atoms with Crippen LogP contribution < -0.4 is 5.56 Å². The molecule has 3 heterocycles. The van der Waals surface area contributed by atoms with Crippen molar-refractivity contribution in [2.75, 3.05) is 31.9 Å². The second kappa shape index (κ2) is 9.10. The number of fused-ring (bicyclic) bond motifs is 1. The second-order valence-electron chi connectivity index (χ2n) is 7.95. The number of piperazine rings is 1. The smallest absolute Gasteiger partial charge is 0.267 e. The maximum Gasteiger partial charge on any atom is 0.267 e. The Bertz CT molecular complexity index is 1170. The number of hydrogen-bond donors (Lipinski definition) is 0. The normalized spacial score (nSPS) is 17.2. The summed E-state index contributed by atoms with van der Waals surface area (Å²) in [5, 5.41) is 1.41. The van der Waals surface area contributed by atoms with E-state index >= 15 is 0 Å². The first kappa shape index (κ1) is 21.2. The van der Waals surface area contributed by atoms with E-state index in [2.05, 4.69) is 34.1 Å². The molecule has 2 aliphatic rings. The van der Waals surface area contributed by atoms with Gasteiger partial charge in [-0.05, 0) is 23.3 Å². The number of nitrogens with zero attached hydrogens (tertiary/aromatic N) is 4. The van der Waals surface area contributed by atoms with E-state index in [0.717, 1.165) is 5.75 Å². The summed E-state index contributed by atoms with van der Waals surface area (Å²) in [6, 6.07) is 18.4. The lowest BCUT2D eigenvalue weighted by molar-refractivity contribution is 0.0594. The van der Waals surface area contributed by atoms with Crippen LogP contribution in [0.4, 0.5) is 0 Å². The lowest BCUT2D eigenvalue weighted by Gasteiger charge is -2.39. The fourth-order valence-corrected chi connectivity index (χ4v) is 5.45. The Kier molecular flexibility index (Phi) is 6.04. The molecule has 5 rings (SSSR count). The molecule has 0 unspecified atom stereocenters. The van der Waals surface area contributed by atoms with E-state index < -0.39 is 0 Å². The number of halogens is 1. The summed E-state index contributed by atoms with van der Waals surface area (Å²) in [6.07, 6.45) is 1.45. The molecule has 8 heteroatoms. The molecule has 2 aliphatic heterocycles. The van der Waals surface area contributed by atoms with Gasteiger partial charge in [-0.15, -0.1) is 0 Å². The molecule has 1 atom stereocenters. The van der Waals surface area contributed by atoms with Gasteiger partial charge < -0.3 is 4.90 Å². The van der Waals surface area contributed by atoms with Crippen molar-refractivity contribution in [1.29, 1.82) is 0 Å². The van der Waals surface area contributed by atoms with Gasteiger partial charge in [0.15, 0.2) is 5.16 Å². The summed E-state index contributed by atoms with van der Waals surface area (Å²) in [5.74, 6) is 0.599. The molecule has 1 fully saturated rings. The van der Waals surface area contributed by atoms with Crippen LogP contribution >= 0.6 is 23.4 Å². The first-order valence-electron chi connectivity index (χ1n) is 10.7. The summed E-state index contributed by atoms with van der Waals surface area (Å²) in [7, 11) is 0. The highest BCUT2D eigenvalue weighted by molar-refractivity contribution is 7.99. The maximum absolute atomic E-state index is 13.1. The van der Waals surface area contributed by atoms with E-state index in [1.165, 1.54) is 17.3 Å². The van der Waals surface area contributed by atoms with Gasteiger partial charge >= 0.3 is 0 Å². The van der Waals surface area contributed by atoms with E-state index in [0.29, 0.717) is 42.9 Å². The number of hydrogen-bond acceptors (Lipinski definition) is 5. The molecule has 0 N–H and O–H groups in total. The molecule has 164 valence electrons. The summed E-state index contributed by atoms with van der Waals surface area (Å²) in [6.45, 7) is 3.16. The SMILES string of the molecule is O=C(c1cnc2n(c1=O)CCS2)N1CCN([C@@H](c2ccccc2)c2ccc(Cl)cc2)CC1. The number of amides is 1. The van der Waals surface area contributed by atoms with Crippen LogP contribution in [-0.2, 0) is 6.54 Å². The first-order valence-corrected chi connectivity index (χ1v) is 12.0. The highest BCUT2D eigenvalue weighted by atomic mass is 35.5. The van der Waals surface area contributed by atoms with Crippen LogP contribution in [0.2, 0.25) is 5.02 Å². The summed E-state index contributed by atoms with van der Waals surface area (Å²) >= 11 is 7.67. The van der Waals surface area contributed by atoms with Crippen LogP contribution in [-0.4, -0.2) is 57.2 Å². The molecule has 0 radical (unpaired) electrons. The van der Waals surface area contributed by atoms with Gasteiger partial charge in [0, 0.05) is 49.7 Å². The number of benzene rings is 2. The predicted molar refractivity (Wildman–Crippen MR) is 126 cm³/mol. The molecular weight excluding hydrogens is 444 g/mol. The lowest BCUT2D eigenvalue weighted by atomic mass is 9.96. The minimum absolute atomic E-state index is 0.0787. The number of rotatable bonds is 4. The number of carbonyl (C=O) groups excluding carboxylic acids is 1. The quantitative estimate of drug-likeness (QED) is 0.550. The molecular formula is C24H23ClN4O2S. The Labute approximate surface area is 195 Å². The molecule has 1 saturated heterocycles. The summed E-state index contributed by atoms with van der Waals surface area (Å²) in [5.41, 5.74) is 2.31. The largest absolute Gasteiger partial charge is 0.336 e. The average molecular weight is 467 g/mol. The van der Waals surface area contributed by atoms with Crippen molar-refractivity contribution in [1.82, 2.24) is 19.4 Å². The lowest BCUT2D eigenvalue weighted by Crippen LogP contribution is -2.50. The van der Waals surface area contributed by atoms with Crippen LogP contribution in [0.3, 0.4) is 0 Å². The van der Waals surface area contributed by atoms with Crippen molar-refractivity contribution in [2.24, 2.45) is 0 Å². The molecule has 6 nitrogen and oxygen atoms in total.